The molecule has 0 nitrogen and oxygen atoms in total. The third-order valence-electron chi connectivity index (χ3n) is 6.43. The maximum atomic E-state index is 14.5. The summed E-state index contributed by atoms with van der Waals surface area (Å²) in [5, 5.41) is 0.326. The Morgan fingerprint density at radius 3 is 2.50 bits per heavy atom. The molecule has 0 N–H and O–H groups in total. The van der Waals surface area contributed by atoms with Crippen LogP contribution in [0.4, 0.5) is 4.39 Å². The summed E-state index contributed by atoms with van der Waals surface area (Å²) in [5.74, 6) is 2.26. The fraction of sp³-hybridized carbons (Fsp3) is 0.583. The Bertz CT molecular complexity index is 665. The zero-order chi connectivity index (χ0) is 18.5. The van der Waals surface area contributed by atoms with E-state index < -0.39 is 0 Å². The van der Waals surface area contributed by atoms with Crippen LogP contribution >= 0.6 is 11.6 Å². The minimum Gasteiger partial charge on any atom is -0.205 e. The molecular formula is C24H32ClF. The standard InChI is InChI=1S/C24H32ClF/c1-3-5-17-7-9-18(10-8-17)19-11-13-20(14-12-19)22-16-15-21(6-4-2)24(26)23(22)25/h3,5,13,15-19H,4,6-12,14H2,1-2H3. The summed E-state index contributed by atoms with van der Waals surface area (Å²) in [6, 6.07) is 3.96. The quantitative estimate of drug-likeness (QED) is 0.458. The first-order valence-corrected chi connectivity index (χ1v) is 10.8. The van der Waals surface area contributed by atoms with E-state index >= 15 is 0 Å². The summed E-state index contributed by atoms with van der Waals surface area (Å²) >= 11 is 6.38. The van der Waals surface area contributed by atoms with Crippen LogP contribution in [-0.4, -0.2) is 0 Å². The van der Waals surface area contributed by atoms with Gasteiger partial charge in [-0.2, -0.15) is 0 Å². The smallest absolute Gasteiger partial charge is 0.145 e. The van der Waals surface area contributed by atoms with Gasteiger partial charge in [-0.15, -0.1) is 0 Å². The number of hydrogen-bond acceptors (Lipinski definition) is 0. The molecule has 1 fully saturated rings. The minimum absolute atomic E-state index is 0.212. The van der Waals surface area contributed by atoms with Crippen molar-refractivity contribution in [1.29, 1.82) is 0 Å². The van der Waals surface area contributed by atoms with Crippen molar-refractivity contribution in [2.45, 2.75) is 71.6 Å². The van der Waals surface area contributed by atoms with Gasteiger partial charge in [0.1, 0.15) is 5.82 Å². The molecule has 1 aromatic rings. The largest absolute Gasteiger partial charge is 0.205 e. The molecule has 2 aliphatic rings. The van der Waals surface area contributed by atoms with Gasteiger partial charge in [-0.3, -0.25) is 0 Å². The fourth-order valence-electron chi connectivity index (χ4n) is 4.91. The molecule has 1 saturated carbocycles. The Labute approximate surface area is 163 Å². The molecule has 0 aliphatic heterocycles. The van der Waals surface area contributed by atoms with E-state index in [2.05, 4.69) is 32.1 Å². The van der Waals surface area contributed by atoms with Gasteiger partial charge in [-0.1, -0.05) is 55.3 Å². The van der Waals surface area contributed by atoms with Crippen molar-refractivity contribution >= 4 is 17.2 Å². The van der Waals surface area contributed by atoms with Crippen LogP contribution < -0.4 is 0 Å². The Morgan fingerprint density at radius 1 is 1.12 bits per heavy atom. The van der Waals surface area contributed by atoms with Crippen molar-refractivity contribution in [2.75, 3.05) is 0 Å². The van der Waals surface area contributed by atoms with Gasteiger partial charge >= 0.3 is 0 Å². The third kappa shape index (κ3) is 4.42. The zero-order valence-electron chi connectivity index (χ0n) is 16.2. The highest BCUT2D eigenvalue weighted by atomic mass is 35.5. The zero-order valence-corrected chi connectivity index (χ0v) is 17.0. The van der Waals surface area contributed by atoms with Gasteiger partial charge < -0.3 is 0 Å². The topological polar surface area (TPSA) is 0 Å². The molecule has 0 bridgehead atoms. The molecule has 0 spiro atoms. The normalized spacial score (nSPS) is 26.9. The molecule has 3 rings (SSSR count). The highest BCUT2D eigenvalue weighted by molar-refractivity contribution is 6.32. The second kappa shape index (κ2) is 9.22. The van der Waals surface area contributed by atoms with Crippen LogP contribution in [0.3, 0.4) is 0 Å². The van der Waals surface area contributed by atoms with Gasteiger partial charge in [0.05, 0.1) is 5.02 Å². The lowest BCUT2D eigenvalue weighted by Gasteiger charge is -2.35. The molecule has 0 saturated heterocycles. The van der Waals surface area contributed by atoms with Crippen LogP contribution in [0.2, 0.25) is 5.02 Å². The maximum Gasteiger partial charge on any atom is 0.145 e. The molecule has 1 aromatic carbocycles. The van der Waals surface area contributed by atoms with Crippen LogP contribution in [0, 0.1) is 23.6 Å². The van der Waals surface area contributed by atoms with E-state index in [-0.39, 0.29) is 5.82 Å². The predicted octanol–water partition coefficient (Wildman–Crippen LogP) is 8.00. The van der Waals surface area contributed by atoms with Gasteiger partial charge in [0, 0.05) is 0 Å². The molecule has 0 aromatic heterocycles. The monoisotopic (exact) mass is 374 g/mol. The van der Waals surface area contributed by atoms with Gasteiger partial charge in [0.25, 0.3) is 0 Å². The Morgan fingerprint density at radius 2 is 1.88 bits per heavy atom. The number of aryl methyl sites for hydroxylation is 1. The van der Waals surface area contributed by atoms with E-state index in [0.29, 0.717) is 5.02 Å². The first-order chi connectivity index (χ1) is 12.6. The molecule has 0 radical (unpaired) electrons. The summed E-state index contributed by atoms with van der Waals surface area (Å²) in [7, 11) is 0. The summed E-state index contributed by atoms with van der Waals surface area (Å²) in [4.78, 5) is 0. The lowest BCUT2D eigenvalue weighted by Crippen LogP contribution is -2.22. The Hall–Kier alpha value is -1.08. The highest BCUT2D eigenvalue weighted by Gasteiger charge is 2.28. The summed E-state index contributed by atoms with van der Waals surface area (Å²) in [5.41, 5.74) is 2.91. The van der Waals surface area contributed by atoms with Crippen LogP contribution in [-0.2, 0) is 6.42 Å². The molecular weight excluding hydrogens is 343 g/mol. The molecule has 26 heavy (non-hydrogen) atoms. The second-order valence-corrected chi connectivity index (χ2v) is 8.49. The van der Waals surface area contributed by atoms with Crippen molar-refractivity contribution in [3.8, 4) is 0 Å². The van der Waals surface area contributed by atoms with Crippen molar-refractivity contribution in [3.05, 3.63) is 52.3 Å². The van der Waals surface area contributed by atoms with Gasteiger partial charge in [0.2, 0.25) is 0 Å². The average Bonchev–Trinajstić information content (AvgIpc) is 2.67. The number of rotatable bonds is 5. The fourth-order valence-corrected chi connectivity index (χ4v) is 5.21. The molecule has 2 heteroatoms. The summed E-state index contributed by atoms with van der Waals surface area (Å²) in [6.07, 6.45) is 17.4. The van der Waals surface area contributed by atoms with Crippen LogP contribution in [0.15, 0.2) is 30.4 Å². The first kappa shape index (κ1) is 19.7. The minimum atomic E-state index is -0.212. The number of halogens is 2. The van der Waals surface area contributed by atoms with Crippen LogP contribution in [0.5, 0.6) is 0 Å². The van der Waals surface area contributed by atoms with Crippen LogP contribution in [0.25, 0.3) is 5.57 Å². The molecule has 0 amide bonds. The van der Waals surface area contributed by atoms with E-state index in [4.69, 9.17) is 11.6 Å². The molecule has 1 unspecified atom stereocenters. The van der Waals surface area contributed by atoms with Crippen molar-refractivity contribution < 1.29 is 4.39 Å². The molecule has 1 atom stereocenters. The van der Waals surface area contributed by atoms with Gasteiger partial charge in [0.15, 0.2) is 0 Å². The molecule has 0 heterocycles. The SMILES string of the molecule is CC=CC1CCC(C2CC=C(c3ccc(CCC)c(F)c3Cl)CC2)CC1. The van der Waals surface area contributed by atoms with E-state index in [1.54, 1.807) is 0 Å². The highest BCUT2D eigenvalue weighted by Crippen LogP contribution is 2.42. The van der Waals surface area contributed by atoms with Gasteiger partial charge in [-0.05, 0) is 92.7 Å². The third-order valence-corrected chi connectivity index (χ3v) is 6.80. The van der Waals surface area contributed by atoms with E-state index in [1.165, 1.54) is 37.7 Å². The maximum absolute atomic E-state index is 14.5. The Kier molecular flexibility index (Phi) is 6.98. The number of hydrogen-bond donors (Lipinski definition) is 0. The second-order valence-electron chi connectivity index (χ2n) is 8.11. The molecule has 2 aliphatic carbocycles. The van der Waals surface area contributed by atoms with E-state index in [1.807, 2.05) is 12.1 Å². The van der Waals surface area contributed by atoms with Gasteiger partial charge in [-0.25, -0.2) is 4.39 Å². The number of allylic oxidation sites excluding steroid dienone is 4. The summed E-state index contributed by atoms with van der Waals surface area (Å²) in [6.45, 7) is 4.19. The van der Waals surface area contributed by atoms with Crippen molar-refractivity contribution in [2.24, 2.45) is 17.8 Å². The predicted molar refractivity (Wildman–Crippen MR) is 111 cm³/mol. The number of benzene rings is 1. The lowest BCUT2D eigenvalue weighted by atomic mass is 9.71. The van der Waals surface area contributed by atoms with E-state index in [9.17, 15) is 4.39 Å². The van der Waals surface area contributed by atoms with Crippen molar-refractivity contribution in [1.82, 2.24) is 0 Å². The molecule has 142 valence electrons. The van der Waals surface area contributed by atoms with Crippen molar-refractivity contribution in [3.63, 3.8) is 0 Å². The van der Waals surface area contributed by atoms with E-state index in [0.717, 1.165) is 54.6 Å². The Balaban J connectivity index is 1.64. The van der Waals surface area contributed by atoms with Crippen LogP contribution in [0.1, 0.15) is 76.3 Å². The summed E-state index contributed by atoms with van der Waals surface area (Å²) < 4.78 is 14.5. The average molecular weight is 375 g/mol. The first-order valence-electron chi connectivity index (χ1n) is 10.4. The lowest BCUT2D eigenvalue weighted by molar-refractivity contribution is 0.212.